The second kappa shape index (κ2) is 6.39. The Morgan fingerprint density at radius 3 is 2.76 bits per heavy atom. The van der Waals surface area contributed by atoms with Crippen molar-refractivity contribution in [3.05, 3.63) is 48.2 Å². The van der Waals surface area contributed by atoms with Crippen LogP contribution in [0, 0.1) is 6.92 Å². The molecule has 0 atom stereocenters. The minimum absolute atomic E-state index is 0.695. The highest BCUT2D eigenvalue weighted by atomic mass is 15.4. The molecular formula is C17H22N4. The molecule has 0 unspecified atom stereocenters. The van der Waals surface area contributed by atoms with Crippen LogP contribution in [0.4, 0.5) is 11.5 Å². The molecule has 0 aliphatic rings. The van der Waals surface area contributed by atoms with Gasteiger partial charge in [0.05, 0.1) is 6.20 Å². The first-order valence-electron chi connectivity index (χ1n) is 7.13. The van der Waals surface area contributed by atoms with Gasteiger partial charge in [0.1, 0.15) is 5.82 Å². The van der Waals surface area contributed by atoms with E-state index < -0.39 is 0 Å². The van der Waals surface area contributed by atoms with E-state index in [2.05, 4.69) is 48.0 Å². The topological polar surface area (TPSA) is 42.2 Å². The molecule has 0 aliphatic heterocycles. The van der Waals surface area contributed by atoms with Crippen molar-refractivity contribution in [1.29, 1.82) is 0 Å². The highest BCUT2D eigenvalue weighted by Crippen LogP contribution is 2.24. The summed E-state index contributed by atoms with van der Waals surface area (Å²) in [6.45, 7) is 12.2. The minimum atomic E-state index is 0.695. The maximum atomic E-state index is 4.59. The molecule has 110 valence electrons. The van der Waals surface area contributed by atoms with Crippen LogP contribution in [-0.2, 0) is 6.42 Å². The molecule has 1 N–H and O–H groups in total. The lowest BCUT2D eigenvalue weighted by atomic mass is 10.2. The summed E-state index contributed by atoms with van der Waals surface area (Å²) in [5.74, 6) is 1.54. The summed E-state index contributed by atoms with van der Waals surface area (Å²) in [7, 11) is 0. The summed E-state index contributed by atoms with van der Waals surface area (Å²) in [4.78, 5) is 4.59. The molecule has 0 radical (unpaired) electrons. The number of nitrogens with zero attached hydrogens (tertiary/aromatic N) is 3. The predicted molar refractivity (Wildman–Crippen MR) is 90.2 cm³/mol. The maximum Gasteiger partial charge on any atom is 0.160 e. The monoisotopic (exact) mass is 282 g/mol. The smallest absolute Gasteiger partial charge is 0.160 e. The Labute approximate surface area is 126 Å². The average molecular weight is 282 g/mol. The molecule has 21 heavy (non-hydrogen) atoms. The highest BCUT2D eigenvalue weighted by Gasteiger charge is 2.11. The van der Waals surface area contributed by atoms with Crippen LogP contribution in [0.25, 0.3) is 5.82 Å². The van der Waals surface area contributed by atoms with Gasteiger partial charge in [0.25, 0.3) is 0 Å². The molecular weight excluding hydrogens is 260 g/mol. The summed E-state index contributed by atoms with van der Waals surface area (Å²) < 4.78 is 1.76. The van der Waals surface area contributed by atoms with Gasteiger partial charge in [-0.1, -0.05) is 25.6 Å². The standard InChI is InChI=1S/C17H22N4/c1-6-15-11-18-21(17(15)19-12(2)3)14(5)20-16-9-7-8-13(4)10-16/h7-11,20H,5-6H2,1-4H3. The van der Waals surface area contributed by atoms with Crippen molar-refractivity contribution in [2.45, 2.75) is 34.1 Å². The summed E-state index contributed by atoms with van der Waals surface area (Å²) in [5, 5.41) is 7.69. The molecule has 0 aliphatic carbocycles. The van der Waals surface area contributed by atoms with Crippen LogP contribution in [0.5, 0.6) is 0 Å². The van der Waals surface area contributed by atoms with Gasteiger partial charge in [-0.3, -0.25) is 0 Å². The molecule has 0 bridgehead atoms. The van der Waals surface area contributed by atoms with Gasteiger partial charge in [-0.25, -0.2) is 4.99 Å². The van der Waals surface area contributed by atoms with Gasteiger partial charge in [-0.15, -0.1) is 0 Å². The van der Waals surface area contributed by atoms with E-state index in [4.69, 9.17) is 0 Å². The molecule has 0 amide bonds. The molecule has 0 saturated carbocycles. The van der Waals surface area contributed by atoms with Gasteiger partial charge in [-0.05, 0) is 44.9 Å². The van der Waals surface area contributed by atoms with Crippen LogP contribution in [0.2, 0.25) is 0 Å². The van der Waals surface area contributed by atoms with E-state index >= 15 is 0 Å². The summed E-state index contributed by atoms with van der Waals surface area (Å²) in [6.07, 6.45) is 2.74. The van der Waals surface area contributed by atoms with Crippen molar-refractivity contribution in [3.8, 4) is 0 Å². The van der Waals surface area contributed by atoms with Crippen LogP contribution in [-0.4, -0.2) is 15.5 Å². The number of aryl methyl sites for hydroxylation is 2. The molecule has 0 fully saturated rings. The number of rotatable bonds is 5. The number of anilines is 1. The Bertz CT molecular complexity index is 676. The van der Waals surface area contributed by atoms with Crippen LogP contribution >= 0.6 is 0 Å². The normalized spacial score (nSPS) is 10.3. The van der Waals surface area contributed by atoms with Crippen molar-refractivity contribution in [2.24, 2.45) is 4.99 Å². The number of aliphatic imine (C=N–C) groups is 1. The molecule has 4 heteroatoms. The molecule has 1 heterocycles. The lowest BCUT2D eigenvalue weighted by Gasteiger charge is -2.12. The largest absolute Gasteiger partial charge is 0.341 e. The SMILES string of the molecule is C=C(Nc1cccc(C)c1)n1ncc(CC)c1N=C(C)C. The Hall–Kier alpha value is -2.36. The third kappa shape index (κ3) is 3.60. The zero-order chi connectivity index (χ0) is 15.4. The Morgan fingerprint density at radius 1 is 1.38 bits per heavy atom. The van der Waals surface area contributed by atoms with E-state index in [9.17, 15) is 0 Å². The number of hydrogen-bond acceptors (Lipinski definition) is 3. The van der Waals surface area contributed by atoms with Gasteiger partial charge in [-0.2, -0.15) is 9.78 Å². The third-order valence-corrected chi connectivity index (χ3v) is 3.09. The number of benzene rings is 1. The van der Waals surface area contributed by atoms with Gasteiger partial charge >= 0.3 is 0 Å². The second-order valence-electron chi connectivity index (χ2n) is 5.26. The number of hydrogen-bond donors (Lipinski definition) is 1. The Morgan fingerprint density at radius 2 is 2.14 bits per heavy atom. The summed E-state index contributed by atoms with van der Waals surface area (Å²) >= 11 is 0. The van der Waals surface area contributed by atoms with Gasteiger partial charge in [0.2, 0.25) is 0 Å². The lowest BCUT2D eigenvalue weighted by Crippen LogP contribution is -2.07. The van der Waals surface area contributed by atoms with E-state index in [1.165, 1.54) is 5.56 Å². The zero-order valence-electron chi connectivity index (χ0n) is 13.1. The van der Waals surface area contributed by atoms with Crippen molar-refractivity contribution >= 4 is 23.0 Å². The third-order valence-electron chi connectivity index (χ3n) is 3.09. The molecule has 2 aromatic rings. The van der Waals surface area contributed by atoms with E-state index in [0.717, 1.165) is 29.2 Å². The van der Waals surface area contributed by atoms with E-state index in [1.807, 2.05) is 32.2 Å². The number of nitrogens with one attached hydrogen (secondary N) is 1. The van der Waals surface area contributed by atoms with Crippen molar-refractivity contribution in [3.63, 3.8) is 0 Å². The van der Waals surface area contributed by atoms with E-state index in [1.54, 1.807) is 4.68 Å². The first-order valence-corrected chi connectivity index (χ1v) is 7.13. The van der Waals surface area contributed by atoms with Crippen LogP contribution in [0.1, 0.15) is 31.9 Å². The van der Waals surface area contributed by atoms with Crippen molar-refractivity contribution in [1.82, 2.24) is 9.78 Å². The number of aromatic nitrogens is 2. The van der Waals surface area contributed by atoms with Crippen LogP contribution < -0.4 is 5.32 Å². The Balaban J connectivity index is 2.31. The zero-order valence-corrected chi connectivity index (χ0v) is 13.1. The maximum absolute atomic E-state index is 4.59. The second-order valence-corrected chi connectivity index (χ2v) is 5.26. The summed E-state index contributed by atoms with van der Waals surface area (Å²) in [6, 6.07) is 8.16. The van der Waals surface area contributed by atoms with E-state index in [0.29, 0.717) is 5.82 Å². The Kier molecular flexibility index (Phi) is 4.58. The van der Waals surface area contributed by atoms with Crippen molar-refractivity contribution < 1.29 is 0 Å². The first-order chi connectivity index (χ1) is 10.0. The van der Waals surface area contributed by atoms with Gasteiger partial charge < -0.3 is 5.32 Å². The molecule has 1 aromatic carbocycles. The van der Waals surface area contributed by atoms with Crippen LogP contribution in [0.3, 0.4) is 0 Å². The highest BCUT2D eigenvalue weighted by molar-refractivity contribution is 5.82. The fraction of sp³-hybridized carbons (Fsp3) is 0.294. The van der Waals surface area contributed by atoms with Gasteiger partial charge in [0.15, 0.2) is 5.82 Å². The molecule has 4 nitrogen and oxygen atoms in total. The first kappa shape index (κ1) is 15.0. The molecule has 0 saturated heterocycles. The van der Waals surface area contributed by atoms with Crippen LogP contribution in [0.15, 0.2) is 42.0 Å². The van der Waals surface area contributed by atoms with Gasteiger partial charge in [0, 0.05) is 17.0 Å². The molecule has 2 rings (SSSR count). The quantitative estimate of drug-likeness (QED) is 0.825. The minimum Gasteiger partial charge on any atom is -0.341 e. The fourth-order valence-electron chi connectivity index (χ4n) is 2.10. The lowest BCUT2D eigenvalue weighted by molar-refractivity contribution is 0.899. The molecule has 1 aromatic heterocycles. The summed E-state index contributed by atoms with van der Waals surface area (Å²) in [5.41, 5.74) is 4.31. The fourth-order valence-corrected chi connectivity index (χ4v) is 2.10. The molecule has 0 spiro atoms. The van der Waals surface area contributed by atoms with Crippen molar-refractivity contribution in [2.75, 3.05) is 5.32 Å². The van der Waals surface area contributed by atoms with E-state index in [-0.39, 0.29) is 0 Å². The predicted octanol–water partition coefficient (Wildman–Crippen LogP) is 4.41. The average Bonchev–Trinajstić information content (AvgIpc) is 2.80.